The van der Waals surface area contributed by atoms with E-state index < -0.39 is 0 Å². The van der Waals surface area contributed by atoms with E-state index >= 15 is 0 Å². The summed E-state index contributed by atoms with van der Waals surface area (Å²) in [7, 11) is 0. The van der Waals surface area contributed by atoms with Crippen LogP contribution < -0.4 is 5.32 Å². The van der Waals surface area contributed by atoms with Crippen LogP contribution in [0.25, 0.3) is 5.69 Å². The highest BCUT2D eigenvalue weighted by Crippen LogP contribution is 2.17. The van der Waals surface area contributed by atoms with Gasteiger partial charge in [0.15, 0.2) is 0 Å². The summed E-state index contributed by atoms with van der Waals surface area (Å²) in [5.74, 6) is -0.511. The molecule has 1 aromatic heterocycles. The molecule has 120 valence electrons. The first-order chi connectivity index (χ1) is 11.1. The second-order valence-electron chi connectivity index (χ2n) is 5.42. The van der Waals surface area contributed by atoms with Gasteiger partial charge in [0.1, 0.15) is 5.82 Å². The van der Waals surface area contributed by atoms with E-state index in [1.807, 2.05) is 0 Å². The van der Waals surface area contributed by atoms with Gasteiger partial charge in [0.2, 0.25) is 5.91 Å². The Hall–Kier alpha value is -2.70. The summed E-state index contributed by atoms with van der Waals surface area (Å²) in [6.07, 6.45) is 1.82. The molecule has 0 bridgehead atoms. The molecule has 3 rings (SSSR count). The Morgan fingerprint density at radius 2 is 2.00 bits per heavy atom. The Morgan fingerprint density at radius 1 is 1.26 bits per heavy atom. The highest BCUT2D eigenvalue weighted by molar-refractivity contribution is 5.95. The highest BCUT2D eigenvalue weighted by Gasteiger charge is 2.23. The van der Waals surface area contributed by atoms with Crippen molar-refractivity contribution in [3.63, 3.8) is 0 Å². The van der Waals surface area contributed by atoms with Crippen LogP contribution in [0.3, 0.4) is 0 Å². The third-order valence-electron chi connectivity index (χ3n) is 3.91. The summed E-state index contributed by atoms with van der Waals surface area (Å²) in [5.41, 5.74) is 1.87. The molecule has 23 heavy (non-hydrogen) atoms. The zero-order valence-electron chi connectivity index (χ0n) is 12.8. The molecule has 0 saturated carbocycles. The quantitative estimate of drug-likeness (QED) is 0.907. The van der Waals surface area contributed by atoms with Gasteiger partial charge in [-0.3, -0.25) is 9.59 Å². The number of nitrogens with one attached hydrogen (secondary N) is 1. The first-order valence-corrected chi connectivity index (χ1v) is 7.43. The van der Waals surface area contributed by atoms with Crippen LogP contribution in [0.1, 0.15) is 22.5 Å². The van der Waals surface area contributed by atoms with Gasteiger partial charge < -0.3 is 10.2 Å². The third kappa shape index (κ3) is 3.08. The van der Waals surface area contributed by atoms with Crippen molar-refractivity contribution >= 4 is 11.8 Å². The fourth-order valence-electron chi connectivity index (χ4n) is 2.60. The van der Waals surface area contributed by atoms with Crippen molar-refractivity contribution in [1.82, 2.24) is 20.0 Å². The number of aromatic nitrogens is 2. The molecule has 1 saturated heterocycles. The van der Waals surface area contributed by atoms with Crippen LogP contribution in [0.2, 0.25) is 0 Å². The van der Waals surface area contributed by atoms with Crippen molar-refractivity contribution in [2.75, 3.05) is 19.6 Å². The summed E-state index contributed by atoms with van der Waals surface area (Å²) in [4.78, 5) is 25.7. The zero-order chi connectivity index (χ0) is 16.4. The fourth-order valence-corrected chi connectivity index (χ4v) is 2.60. The van der Waals surface area contributed by atoms with Crippen LogP contribution in [0.15, 0.2) is 30.5 Å². The Balaban J connectivity index is 1.85. The minimum Gasteiger partial charge on any atom is -0.354 e. The molecule has 0 radical (unpaired) electrons. The van der Waals surface area contributed by atoms with E-state index in [0.29, 0.717) is 43.0 Å². The molecule has 1 fully saturated rings. The molecular formula is C16H17FN4O2. The largest absolute Gasteiger partial charge is 0.354 e. The van der Waals surface area contributed by atoms with Gasteiger partial charge in [-0.15, -0.1) is 0 Å². The second kappa shape index (κ2) is 6.20. The summed E-state index contributed by atoms with van der Waals surface area (Å²) in [5, 5.41) is 6.98. The highest BCUT2D eigenvalue weighted by atomic mass is 19.1. The molecule has 6 nitrogen and oxygen atoms in total. The van der Waals surface area contributed by atoms with Gasteiger partial charge in [-0.25, -0.2) is 9.07 Å². The van der Waals surface area contributed by atoms with Gasteiger partial charge in [-0.05, 0) is 31.2 Å². The van der Waals surface area contributed by atoms with Crippen molar-refractivity contribution in [2.24, 2.45) is 0 Å². The van der Waals surface area contributed by atoms with Crippen molar-refractivity contribution in [3.05, 3.63) is 47.5 Å². The van der Waals surface area contributed by atoms with E-state index in [0.717, 1.165) is 0 Å². The number of halogens is 1. The van der Waals surface area contributed by atoms with Crippen LogP contribution in [0, 0.1) is 12.7 Å². The van der Waals surface area contributed by atoms with E-state index in [-0.39, 0.29) is 17.6 Å². The number of hydrogen-bond acceptors (Lipinski definition) is 3. The standard InChI is InChI=1S/C16H17FN4O2/c1-11-14(16(23)20-8-6-15(22)18-7-9-20)10-19-21(11)13-4-2-12(17)3-5-13/h2-5,10H,6-9H2,1H3,(H,18,22). The van der Waals surface area contributed by atoms with Gasteiger partial charge in [-0.2, -0.15) is 5.10 Å². The molecular weight excluding hydrogens is 299 g/mol. The Bertz CT molecular complexity index is 739. The molecule has 0 aliphatic carbocycles. The smallest absolute Gasteiger partial charge is 0.257 e. The second-order valence-corrected chi connectivity index (χ2v) is 5.42. The summed E-state index contributed by atoms with van der Waals surface area (Å²) >= 11 is 0. The monoisotopic (exact) mass is 316 g/mol. The number of carbonyl (C=O) groups is 2. The van der Waals surface area contributed by atoms with Gasteiger partial charge in [0.05, 0.1) is 23.1 Å². The van der Waals surface area contributed by atoms with E-state index in [1.165, 1.54) is 18.3 Å². The predicted octanol–water partition coefficient (Wildman–Crippen LogP) is 1.28. The Morgan fingerprint density at radius 3 is 2.74 bits per heavy atom. The lowest BCUT2D eigenvalue weighted by Gasteiger charge is -2.19. The van der Waals surface area contributed by atoms with Gasteiger partial charge in [-0.1, -0.05) is 0 Å². The zero-order valence-corrected chi connectivity index (χ0v) is 12.8. The minimum atomic E-state index is -0.323. The van der Waals surface area contributed by atoms with Crippen molar-refractivity contribution < 1.29 is 14.0 Å². The molecule has 1 aliphatic rings. The van der Waals surface area contributed by atoms with Gasteiger partial charge in [0.25, 0.3) is 5.91 Å². The van der Waals surface area contributed by atoms with Crippen LogP contribution in [0.5, 0.6) is 0 Å². The van der Waals surface area contributed by atoms with E-state index in [2.05, 4.69) is 10.4 Å². The number of amides is 2. The molecule has 2 amide bonds. The van der Waals surface area contributed by atoms with Crippen molar-refractivity contribution in [3.8, 4) is 5.69 Å². The van der Waals surface area contributed by atoms with Crippen LogP contribution >= 0.6 is 0 Å². The van der Waals surface area contributed by atoms with E-state index in [9.17, 15) is 14.0 Å². The van der Waals surface area contributed by atoms with Crippen LogP contribution in [0.4, 0.5) is 4.39 Å². The first-order valence-electron chi connectivity index (χ1n) is 7.43. The van der Waals surface area contributed by atoms with Crippen LogP contribution in [-0.2, 0) is 4.79 Å². The average Bonchev–Trinajstić information content (AvgIpc) is 2.78. The molecule has 1 aromatic carbocycles. The van der Waals surface area contributed by atoms with Crippen molar-refractivity contribution in [1.29, 1.82) is 0 Å². The molecule has 2 aromatic rings. The Labute approximate surface area is 132 Å². The number of nitrogens with zero attached hydrogens (tertiary/aromatic N) is 3. The average molecular weight is 316 g/mol. The molecule has 1 N–H and O–H groups in total. The molecule has 0 atom stereocenters. The van der Waals surface area contributed by atoms with Gasteiger partial charge >= 0.3 is 0 Å². The summed E-state index contributed by atoms with van der Waals surface area (Å²) in [6.45, 7) is 3.12. The molecule has 1 aliphatic heterocycles. The predicted molar refractivity (Wildman–Crippen MR) is 81.8 cm³/mol. The lowest BCUT2D eigenvalue weighted by atomic mass is 10.2. The topological polar surface area (TPSA) is 67.2 Å². The normalized spacial score (nSPS) is 15.2. The molecule has 0 unspecified atom stereocenters. The molecule has 7 heteroatoms. The number of carbonyl (C=O) groups excluding carboxylic acids is 2. The number of rotatable bonds is 2. The van der Waals surface area contributed by atoms with E-state index in [4.69, 9.17) is 0 Å². The Kier molecular flexibility index (Phi) is 4.10. The van der Waals surface area contributed by atoms with E-state index in [1.54, 1.807) is 28.6 Å². The summed E-state index contributed by atoms with van der Waals surface area (Å²) in [6, 6.07) is 5.92. The maximum atomic E-state index is 13.0. The molecule has 2 heterocycles. The first kappa shape index (κ1) is 15.2. The maximum absolute atomic E-state index is 13.0. The third-order valence-corrected chi connectivity index (χ3v) is 3.91. The van der Waals surface area contributed by atoms with Gasteiger partial charge in [0, 0.05) is 26.1 Å². The maximum Gasteiger partial charge on any atom is 0.257 e. The number of hydrogen-bond donors (Lipinski definition) is 1. The lowest BCUT2D eigenvalue weighted by Crippen LogP contribution is -2.34. The molecule has 0 spiro atoms. The summed E-state index contributed by atoms with van der Waals surface area (Å²) < 4.78 is 14.6. The SMILES string of the molecule is Cc1c(C(=O)N2CCNC(=O)CC2)cnn1-c1ccc(F)cc1. The fraction of sp³-hybridized carbons (Fsp3) is 0.312. The minimum absolute atomic E-state index is 0.0426. The van der Waals surface area contributed by atoms with Crippen molar-refractivity contribution in [2.45, 2.75) is 13.3 Å². The van der Waals surface area contributed by atoms with Crippen LogP contribution in [-0.4, -0.2) is 46.1 Å². The number of benzene rings is 1. The lowest BCUT2D eigenvalue weighted by molar-refractivity contribution is -0.120.